The molecule has 110 valence electrons. The fraction of sp³-hybridized carbons (Fsp3) is 0.278. The number of carbonyl (C=O) groups is 1. The van der Waals surface area contributed by atoms with Crippen molar-refractivity contribution in [1.82, 2.24) is 0 Å². The lowest BCUT2D eigenvalue weighted by molar-refractivity contribution is 0.0816. The molecule has 0 aliphatic heterocycles. The Morgan fingerprint density at radius 1 is 1.05 bits per heavy atom. The average molecular weight is 347 g/mol. The zero-order valence-electron chi connectivity index (χ0n) is 12.7. The van der Waals surface area contributed by atoms with E-state index in [-0.39, 0.29) is 5.78 Å². The van der Waals surface area contributed by atoms with E-state index in [0.717, 1.165) is 26.7 Å². The number of rotatable bonds is 4. The summed E-state index contributed by atoms with van der Waals surface area (Å²) < 4.78 is 6.68. The normalized spacial score (nSPS) is 12.0. The van der Waals surface area contributed by atoms with E-state index in [0.29, 0.717) is 5.75 Å². The second kappa shape index (κ2) is 6.44. The van der Waals surface area contributed by atoms with Crippen LogP contribution in [0.1, 0.15) is 34.0 Å². The summed E-state index contributed by atoms with van der Waals surface area (Å²) in [5.74, 6) is 0.690. The molecule has 0 aliphatic carbocycles. The summed E-state index contributed by atoms with van der Waals surface area (Å²) in [5.41, 5.74) is 3.92. The number of carbonyl (C=O) groups excluding carboxylic acids is 1. The largest absolute Gasteiger partial charge is 0.481 e. The van der Waals surface area contributed by atoms with Crippen molar-refractivity contribution in [3.05, 3.63) is 63.1 Å². The molecule has 2 nitrogen and oxygen atoms in total. The molecule has 21 heavy (non-hydrogen) atoms. The molecular formula is C18H19BrO2. The van der Waals surface area contributed by atoms with Gasteiger partial charge in [0.25, 0.3) is 0 Å². The lowest BCUT2D eigenvalue weighted by Gasteiger charge is -2.16. The lowest BCUT2D eigenvalue weighted by Crippen LogP contribution is -2.24. The summed E-state index contributed by atoms with van der Waals surface area (Å²) in [6.45, 7) is 7.73. The molecule has 0 amide bonds. The van der Waals surface area contributed by atoms with Gasteiger partial charge in [-0.2, -0.15) is 0 Å². The van der Waals surface area contributed by atoms with Crippen molar-refractivity contribution in [1.29, 1.82) is 0 Å². The molecule has 2 aromatic carbocycles. The van der Waals surface area contributed by atoms with E-state index in [9.17, 15) is 4.79 Å². The zero-order valence-corrected chi connectivity index (χ0v) is 14.3. The first-order valence-corrected chi connectivity index (χ1v) is 7.72. The maximum Gasteiger partial charge on any atom is 0.203 e. The molecule has 0 radical (unpaired) electrons. The third-order valence-corrected chi connectivity index (χ3v) is 4.04. The lowest BCUT2D eigenvalue weighted by atomic mass is 9.99. The van der Waals surface area contributed by atoms with E-state index >= 15 is 0 Å². The van der Waals surface area contributed by atoms with Crippen LogP contribution >= 0.6 is 15.9 Å². The number of Topliss-reactive ketones (excluding diaryl/α,β-unsaturated/α-hetero) is 1. The summed E-state index contributed by atoms with van der Waals surface area (Å²) in [6.07, 6.45) is -0.524. The van der Waals surface area contributed by atoms with E-state index in [1.807, 2.05) is 57.2 Å². The summed E-state index contributed by atoms with van der Waals surface area (Å²) in [5, 5.41) is 0. The number of aryl methyl sites for hydroxylation is 3. The minimum Gasteiger partial charge on any atom is -0.481 e. The van der Waals surface area contributed by atoms with Crippen molar-refractivity contribution in [2.75, 3.05) is 0 Å². The van der Waals surface area contributed by atoms with Crippen LogP contribution in [0.3, 0.4) is 0 Å². The Labute approximate surface area is 134 Å². The average Bonchev–Trinajstić information content (AvgIpc) is 2.43. The van der Waals surface area contributed by atoms with E-state index in [2.05, 4.69) is 15.9 Å². The van der Waals surface area contributed by atoms with Crippen LogP contribution in [-0.2, 0) is 0 Å². The third kappa shape index (κ3) is 3.73. The van der Waals surface area contributed by atoms with Crippen LogP contribution in [0.2, 0.25) is 0 Å². The van der Waals surface area contributed by atoms with Gasteiger partial charge >= 0.3 is 0 Å². The van der Waals surface area contributed by atoms with Crippen molar-refractivity contribution >= 4 is 21.7 Å². The minimum atomic E-state index is -0.524. The highest BCUT2D eigenvalue weighted by molar-refractivity contribution is 9.10. The van der Waals surface area contributed by atoms with Gasteiger partial charge in [0.1, 0.15) is 5.75 Å². The Kier molecular flexibility index (Phi) is 4.84. The SMILES string of the molecule is Cc1ccc(OC(C)C(=O)c2cc(C)ccc2C)c(Br)c1. The highest BCUT2D eigenvalue weighted by Crippen LogP contribution is 2.27. The Hall–Kier alpha value is -1.61. The fourth-order valence-corrected chi connectivity index (χ4v) is 2.75. The molecular weight excluding hydrogens is 328 g/mol. The van der Waals surface area contributed by atoms with E-state index < -0.39 is 6.10 Å². The Morgan fingerprint density at radius 3 is 2.33 bits per heavy atom. The fourth-order valence-electron chi connectivity index (χ4n) is 2.17. The summed E-state index contributed by atoms with van der Waals surface area (Å²) in [7, 11) is 0. The van der Waals surface area contributed by atoms with E-state index in [4.69, 9.17) is 4.74 Å². The molecule has 2 aromatic rings. The summed E-state index contributed by atoms with van der Waals surface area (Å²) in [6, 6.07) is 11.7. The molecule has 1 atom stereocenters. The van der Waals surface area contributed by atoms with Gasteiger partial charge in [-0.15, -0.1) is 0 Å². The molecule has 0 bridgehead atoms. The van der Waals surface area contributed by atoms with Crippen molar-refractivity contribution < 1.29 is 9.53 Å². The topological polar surface area (TPSA) is 26.3 Å². The van der Waals surface area contributed by atoms with Gasteiger partial charge in [0.05, 0.1) is 4.47 Å². The molecule has 0 saturated carbocycles. The van der Waals surface area contributed by atoms with Crippen molar-refractivity contribution in [3.8, 4) is 5.75 Å². The van der Waals surface area contributed by atoms with Crippen LogP contribution in [0.15, 0.2) is 40.9 Å². The molecule has 2 rings (SSSR count). The quantitative estimate of drug-likeness (QED) is 0.726. The van der Waals surface area contributed by atoms with Crippen LogP contribution < -0.4 is 4.74 Å². The van der Waals surface area contributed by atoms with Gasteiger partial charge in [0, 0.05) is 5.56 Å². The Balaban J connectivity index is 2.21. The first-order chi connectivity index (χ1) is 9.88. The van der Waals surface area contributed by atoms with E-state index in [1.165, 1.54) is 0 Å². The van der Waals surface area contributed by atoms with Gasteiger partial charge in [0.2, 0.25) is 5.78 Å². The van der Waals surface area contributed by atoms with Crippen LogP contribution in [0.25, 0.3) is 0 Å². The Bertz CT molecular complexity index is 677. The molecule has 0 N–H and O–H groups in total. The number of ether oxygens (including phenoxy) is 1. The van der Waals surface area contributed by atoms with Gasteiger partial charge in [-0.05, 0) is 73.0 Å². The van der Waals surface area contributed by atoms with Crippen LogP contribution in [0, 0.1) is 20.8 Å². The minimum absolute atomic E-state index is 0.00340. The second-order valence-corrected chi connectivity index (χ2v) is 6.23. The predicted octanol–water partition coefficient (Wildman–Crippen LogP) is 5.02. The Morgan fingerprint density at radius 2 is 1.67 bits per heavy atom. The highest BCUT2D eigenvalue weighted by Gasteiger charge is 2.19. The van der Waals surface area contributed by atoms with Crippen molar-refractivity contribution in [2.45, 2.75) is 33.8 Å². The number of benzene rings is 2. The van der Waals surface area contributed by atoms with Gasteiger partial charge in [-0.1, -0.05) is 23.8 Å². The maximum absolute atomic E-state index is 12.6. The molecule has 0 heterocycles. The molecule has 0 aromatic heterocycles. The van der Waals surface area contributed by atoms with Crippen LogP contribution in [-0.4, -0.2) is 11.9 Å². The molecule has 0 saturated heterocycles. The van der Waals surface area contributed by atoms with Crippen LogP contribution in [0.4, 0.5) is 0 Å². The highest BCUT2D eigenvalue weighted by atomic mass is 79.9. The van der Waals surface area contributed by atoms with E-state index in [1.54, 1.807) is 6.92 Å². The summed E-state index contributed by atoms with van der Waals surface area (Å²) >= 11 is 3.47. The first-order valence-electron chi connectivity index (χ1n) is 6.93. The second-order valence-electron chi connectivity index (χ2n) is 5.38. The number of halogens is 1. The summed E-state index contributed by atoms with van der Waals surface area (Å²) in [4.78, 5) is 12.6. The van der Waals surface area contributed by atoms with Gasteiger partial charge in [-0.25, -0.2) is 0 Å². The van der Waals surface area contributed by atoms with Crippen molar-refractivity contribution in [2.24, 2.45) is 0 Å². The van der Waals surface area contributed by atoms with Crippen molar-refractivity contribution in [3.63, 3.8) is 0 Å². The standard InChI is InChI=1S/C18H19BrO2/c1-11-5-7-13(3)15(9-11)18(20)14(4)21-17-8-6-12(2)10-16(17)19/h5-10,14H,1-4H3. The third-order valence-electron chi connectivity index (χ3n) is 3.42. The zero-order chi connectivity index (χ0) is 15.6. The number of hydrogen-bond acceptors (Lipinski definition) is 2. The monoisotopic (exact) mass is 346 g/mol. The molecule has 0 spiro atoms. The molecule has 3 heteroatoms. The number of hydrogen-bond donors (Lipinski definition) is 0. The first kappa shape index (κ1) is 15.8. The molecule has 1 unspecified atom stereocenters. The molecule has 0 aliphatic rings. The van der Waals surface area contributed by atoms with Crippen LogP contribution in [0.5, 0.6) is 5.75 Å². The number of ketones is 1. The smallest absolute Gasteiger partial charge is 0.203 e. The molecule has 0 fully saturated rings. The van der Waals surface area contributed by atoms with Gasteiger partial charge in [0.15, 0.2) is 6.10 Å². The van der Waals surface area contributed by atoms with Gasteiger partial charge in [-0.3, -0.25) is 4.79 Å². The predicted molar refractivity (Wildman–Crippen MR) is 89.2 cm³/mol. The maximum atomic E-state index is 12.6. The van der Waals surface area contributed by atoms with Gasteiger partial charge < -0.3 is 4.74 Å².